The summed E-state index contributed by atoms with van der Waals surface area (Å²) in [5.74, 6) is -0.900. The van der Waals surface area contributed by atoms with Gasteiger partial charge in [-0.3, -0.25) is 4.79 Å². The summed E-state index contributed by atoms with van der Waals surface area (Å²) in [6, 6.07) is 7.84. The Bertz CT molecular complexity index is 346. The van der Waals surface area contributed by atoms with Crippen molar-refractivity contribution < 1.29 is 9.90 Å². The molecule has 0 radical (unpaired) electrons. The largest absolute Gasteiger partial charge is 0.480 e. The molecule has 17 heavy (non-hydrogen) atoms. The second kappa shape index (κ2) is 7.07. The Hall–Kier alpha value is -1.35. The lowest BCUT2D eigenvalue weighted by molar-refractivity contribution is -0.138. The van der Waals surface area contributed by atoms with Crippen molar-refractivity contribution >= 4 is 5.97 Å². The van der Waals surface area contributed by atoms with Crippen molar-refractivity contribution in [1.82, 2.24) is 0 Å². The van der Waals surface area contributed by atoms with Gasteiger partial charge in [0.2, 0.25) is 0 Å². The van der Waals surface area contributed by atoms with E-state index in [1.807, 2.05) is 0 Å². The van der Waals surface area contributed by atoms with Gasteiger partial charge >= 0.3 is 5.97 Å². The molecule has 0 amide bonds. The Labute approximate surface area is 103 Å². The second-order valence-corrected chi connectivity index (χ2v) is 4.53. The number of carbonyl (C=O) groups is 1. The quantitative estimate of drug-likeness (QED) is 0.714. The van der Waals surface area contributed by atoms with Gasteiger partial charge < -0.3 is 10.8 Å². The summed E-state index contributed by atoms with van der Waals surface area (Å²) in [7, 11) is 0. The normalized spacial score (nSPS) is 12.4. The van der Waals surface area contributed by atoms with Crippen LogP contribution in [0.25, 0.3) is 0 Å². The fourth-order valence-corrected chi connectivity index (χ4v) is 1.75. The maximum atomic E-state index is 10.5. The molecule has 0 saturated carbocycles. The van der Waals surface area contributed by atoms with Gasteiger partial charge in [0, 0.05) is 0 Å². The van der Waals surface area contributed by atoms with Gasteiger partial charge in [-0.15, -0.1) is 0 Å². The van der Waals surface area contributed by atoms with E-state index in [0.717, 1.165) is 25.7 Å². The zero-order valence-corrected chi connectivity index (χ0v) is 10.4. The first-order chi connectivity index (χ1) is 8.09. The van der Waals surface area contributed by atoms with Crippen molar-refractivity contribution in [2.45, 2.75) is 45.1 Å². The van der Waals surface area contributed by atoms with Crippen LogP contribution in [0.5, 0.6) is 0 Å². The zero-order valence-electron chi connectivity index (χ0n) is 10.4. The van der Waals surface area contributed by atoms with Gasteiger partial charge in [-0.05, 0) is 31.7 Å². The Morgan fingerprint density at radius 3 is 2.47 bits per heavy atom. The first-order valence-electron chi connectivity index (χ1n) is 6.13. The van der Waals surface area contributed by atoms with Gasteiger partial charge in [-0.2, -0.15) is 0 Å². The molecule has 0 bridgehead atoms. The van der Waals surface area contributed by atoms with E-state index in [1.54, 1.807) is 0 Å². The standard InChI is InChI=1S/C14H21NO2/c1-11-7-9-12(10-8-11)5-3-2-4-6-13(15)14(16)17/h7-10,13H,2-6,15H2,1H3,(H,16,17)/t13-/m1/s1. The van der Waals surface area contributed by atoms with E-state index in [4.69, 9.17) is 10.8 Å². The Morgan fingerprint density at radius 1 is 1.24 bits per heavy atom. The van der Waals surface area contributed by atoms with Crippen molar-refractivity contribution in [2.24, 2.45) is 5.73 Å². The minimum absolute atomic E-state index is 0.573. The predicted octanol–water partition coefficient (Wildman–Crippen LogP) is 2.51. The van der Waals surface area contributed by atoms with Crippen molar-refractivity contribution in [3.05, 3.63) is 35.4 Å². The van der Waals surface area contributed by atoms with Crippen molar-refractivity contribution in [1.29, 1.82) is 0 Å². The maximum absolute atomic E-state index is 10.5. The second-order valence-electron chi connectivity index (χ2n) is 4.53. The van der Waals surface area contributed by atoms with Crippen LogP contribution in [0.2, 0.25) is 0 Å². The molecule has 1 aromatic rings. The third-order valence-electron chi connectivity index (χ3n) is 2.92. The van der Waals surface area contributed by atoms with Crippen molar-refractivity contribution in [2.75, 3.05) is 0 Å². The fraction of sp³-hybridized carbons (Fsp3) is 0.500. The molecule has 0 heterocycles. The molecule has 3 N–H and O–H groups in total. The molecule has 1 rings (SSSR count). The molecule has 0 spiro atoms. The van der Waals surface area contributed by atoms with Gasteiger partial charge in [-0.25, -0.2) is 0 Å². The van der Waals surface area contributed by atoms with Crippen LogP contribution in [0.3, 0.4) is 0 Å². The van der Waals surface area contributed by atoms with Crippen LogP contribution < -0.4 is 5.73 Å². The van der Waals surface area contributed by atoms with Crippen LogP contribution in [0.4, 0.5) is 0 Å². The van der Waals surface area contributed by atoms with Crippen LogP contribution in [-0.2, 0) is 11.2 Å². The number of carboxylic acid groups (broad SMARTS) is 1. The third kappa shape index (κ3) is 5.50. The zero-order chi connectivity index (χ0) is 12.7. The average molecular weight is 235 g/mol. The Morgan fingerprint density at radius 2 is 1.88 bits per heavy atom. The molecule has 0 aliphatic heterocycles. The van der Waals surface area contributed by atoms with E-state index in [2.05, 4.69) is 31.2 Å². The van der Waals surface area contributed by atoms with Crippen molar-refractivity contribution in [3.8, 4) is 0 Å². The monoisotopic (exact) mass is 235 g/mol. The molecule has 1 atom stereocenters. The topological polar surface area (TPSA) is 63.3 Å². The van der Waals surface area contributed by atoms with Gasteiger partial charge in [0.25, 0.3) is 0 Å². The number of aryl methyl sites for hydroxylation is 2. The van der Waals surface area contributed by atoms with E-state index in [9.17, 15) is 4.79 Å². The molecule has 94 valence electrons. The SMILES string of the molecule is Cc1ccc(CCCCC[C@@H](N)C(=O)O)cc1. The summed E-state index contributed by atoms with van der Waals surface area (Å²) < 4.78 is 0. The maximum Gasteiger partial charge on any atom is 0.320 e. The molecule has 3 heteroatoms. The molecule has 0 aromatic heterocycles. The summed E-state index contributed by atoms with van der Waals surface area (Å²) in [4.78, 5) is 10.5. The van der Waals surface area contributed by atoms with Crippen LogP contribution >= 0.6 is 0 Å². The van der Waals surface area contributed by atoms with Crippen LogP contribution in [0.1, 0.15) is 36.8 Å². The molecule has 1 aromatic carbocycles. The van der Waals surface area contributed by atoms with Crippen LogP contribution in [0, 0.1) is 6.92 Å². The minimum atomic E-state index is -0.900. The van der Waals surface area contributed by atoms with Gasteiger partial charge in [0.05, 0.1) is 0 Å². The number of rotatable bonds is 7. The number of aliphatic carboxylic acids is 1. The first kappa shape index (κ1) is 13.7. The number of carboxylic acids is 1. The summed E-state index contributed by atoms with van der Waals surface area (Å²) in [6.45, 7) is 2.08. The first-order valence-corrected chi connectivity index (χ1v) is 6.13. The Balaban J connectivity index is 2.12. The highest BCUT2D eigenvalue weighted by Gasteiger charge is 2.09. The predicted molar refractivity (Wildman–Crippen MR) is 69.0 cm³/mol. The number of nitrogens with two attached hydrogens (primary N) is 1. The highest BCUT2D eigenvalue weighted by Crippen LogP contribution is 2.09. The molecular weight excluding hydrogens is 214 g/mol. The number of unbranched alkanes of at least 4 members (excludes halogenated alkanes) is 2. The Kier molecular flexibility index (Phi) is 5.70. The lowest BCUT2D eigenvalue weighted by atomic mass is 10.0. The lowest BCUT2D eigenvalue weighted by Gasteiger charge is -2.06. The molecule has 3 nitrogen and oxygen atoms in total. The molecule has 0 unspecified atom stereocenters. The van der Waals surface area contributed by atoms with Crippen molar-refractivity contribution in [3.63, 3.8) is 0 Å². The highest BCUT2D eigenvalue weighted by molar-refractivity contribution is 5.72. The molecular formula is C14H21NO2. The van der Waals surface area contributed by atoms with Crippen LogP contribution in [-0.4, -0.2) is 17.1 Å². The summed E-state index contributed by atoms with van der Waals surface area (Å²) in [5, 5.41) is 8.62. The number of hydrogen-bond donors (Lipinski definition) is 2. The average Bonchev–Trinajstić information content (AvgIpc) is 2.30. The van der Waals surface area contributed by atoms with E-state index in [0.29, 0.717) is 6.42 Å². The van der Waals surface area contributed by atoms with Crippen LogP contribution in [0.15, 0.2) is 24.3 Å². The summed E-state index contributed by atoms with van der Waals surface area (Å²) >= 11 is 0. The third-order valence-corrected chi connectivity index (χ3v) is 2.92. The summed E-state index contributed by atoms with van der Waals surface area (Å²) in [5.41, 5.74) is 8.05. The van der Waals surface area contributed by atoms with Gasteiger partial charge in [0.1, 0.15) is 6.04 Å². The van der Waals surface area contributed by atoms with E-state index in [-0.39, 0.29) is 0 Å². The highest BCUT2D eigenvalue weighted by atomic mass is 16.4. The van der Waals surface area contributed by atoms with E-state index in [1.165, 1.54) is 11.1 Å². The molecule has 0 saturated heterocycles. The number of hydrogen-bond acceptors (Lipinski definition) is 2. The number of benzene rings is 1. The minimum Gasteiger partial charge on any atom is -0.480 e. The van der Waals surface area contributed by atoms with Gasteiger partial charge in [0.15, 0.2) is 0 Å². The summed E-state index contributed by atoms with van der Waals surface area (Å²) in [6.07, 6.45) is 4.65. The molecule has 0 aliphatic carbocycles. The van der Waals surface area contributed by atoms with Gasteiger partial charge in [-0.1, -0.05) is 42.7 Å². The molecule has 0 aliphatic rings. The van der Waals surface area contributed by atoms with E-state index < -0.39 is 12.0 Å². The molecule has 0 fully saturated rings. The smallest absolute Gasteiger partial charge is 0.320 e. The fourth-order valence-electron chi connectivity index (χ4n) is 1.75. The van der Waals surface area contributed by atoms with E-state index >= 15 is 0 Å². The lowest BCUT2D eigenvalue weighted by Crippen LogP contribution is -2.29.